The number of nitrogens with zero attached hydrogens (tertiary/aromatic N) is 2. The van der Waals surface area contributed by atoms with Gasteiger partial charge in [-0.05, 0) is 32.9 Å². The van der Waals surface area contributed by atoms with Gasteiger partial charge in [0.05, 0.1) is 0 Å². The molecule has 2 heterocycles. The van der Waals surface area contributed by atoms with Crippen molar-refractivity contribution in [1.82, 2.24) is 9.88 Å². The molecular formula is C14H21N3OS. The van der Waals surface area contributed by atoms with Gasteiger partial charge in [-0.3, -0.25) is 4.79 Å². The standard InChI is InChI=1S/C14H21N3OS/c1-10-7-11(8-12(15-4)16-10)13(18)17-5-6-19-14(2,3)9-17/h7-8H,5-6,9H2,1-4H3,(H,15,16). The largest absolute Gasteiger partial charge is 0.373 e. The third-order valence-electron chi connectivity index (χ3n) is 3.17. The molecular weight excluding hydrogens is 258 g/mol. The number of pyridine rings is 1. The molecule has 0 atom stereocenters. The molecule has 2 rings (SSSR count). The summed E-state index contributed by atoms with van der Waals surface area (Å²) in [5.41, 5.74) is 1.58. The number of anilines is 1. The van der Waals surface area contributed by atoms with Crippen LogP contribution in [0.25, 0.3) is 0 Å². The molecule has 0 bridgehead atoms. The maximum atomic E-state index is 12.6. The van der Waals surface area contributed by atoms with E-state index in [9.17, 15) is 4.79 Å². The van der Waals surface area contributed by atoms with Crippen LogP contribution in [0.3, 0.4) is 0 Å². The van der Waals surface area contributed by atoms with E-state index < -0.39 is 0 Å². The number of aromatic nitrogens is 1. The van der Waals surface area contributed by atoms with Crippen molar-refractivity contribution in [3.8, 4) is 0 Å². The maximum Gasteiger partial charge on any atom is 0.254 e. The summed E-state index contributed by atoms with van der Waals surface area (Å²) in [5, 5.41) is 3.00. The zero-order valence-electron chi connectivity index (χ0n) is 12.0. The second-order valence-electron chi connectivity index (χ2n) is 5.47. The van der Waals surface area contributed by atoms with Gasteiger partial charge in [0.2, 0.25) is 0 Å². The third-order valence-corrected chi connectivity index (χ3v) is 4.47. The Bertz CT molecular complexity index is 488. The minimum absolute atomic E-state index is 0.107. The lowest BCUT2D eigenvalue weighted by molar-refractivity contribution is 0.0748. The first-order chi connectivity index (χ1) is 8.91. The first-order valence-corrected chi connectivity index (χ1v) is 7.49. The molecule has 1 aliphatic rings. The number of amides is 1. The van der Waals surface area contributed by atoms with Gasteiger partial charge in [0, 0.05) is 41.9 Å². The van der Waals surface area contributed by atoms with Crippen LogP contribution in [0.5, 0.6) is 0 Å². The average Bonchev–Trinajstić information content (AvgIpc) is 2.35. The van der Waals surface area contributed by atoms with Gasteiger partial charge in [0.1, 0.15) is 5.82 Å². The molecule has 19 heavy (non-hydrogen) atoms. The summed E-state index contributed by atoms with van der Waals surface area (Å²) >= 11 is 1.93. The number of thioether (sulfide) groups is 1. The van der Waals surface area contributed by atoms with Gasteiger partial charge >= 0.3 is 0 Å². The van der Waals surface area contributed by atoms with E-state index in [2.05, 4.69) is 24.1 Å². The molecule has 1 fully saturated rings. The van der Waals surface area contributed by atoms with Crippen molar-refractivity contribution in [3.63, 3.8) is 0 Å². The molecule has 1 amide bonds. The van der Waals surface area contributed by atoms with E-state index >= 15 is 0 Å². The lowest BCUT2D eigenvalue weighted by Crippen LogP contribution is -2.46. The average molecular weight is 279 g/mol. The molecule has 0 radical (unpaired) electrons. The number of rotatable bonds is 2. The maximum absolute atomic E-state index is 12.6. The molecule has 1 aliphatic heterocycles. The number of nitrogens with one attached hydrogen (secondary N) is 1. The number of carbonyl (C=O) groups is 1. The van der Waals surface area contributed by atoms with Crippen molar-refractivity contribution in [2.45, 2.75) is 25.5 Å². The number of hydrogen-bond donors (Lipinski definition) is 1. The summed E-state index contributed by atoms with van der Waals surface area (Å²) in [6.07, 6.45) is 0. The van der Waals surface area contributed by atoms with Gasteiger partial charge in [-0.15, -0.1) is 0 Å². The van der Waals surface area contributed by atoms with Crippen molar-refractivity contribution in [2.75, 3.05) is 31.2 Å². The van der Waals surface area contributed by atoms with Crippen molar-refractivity contribution in [1.29, 1.82) is 0 Å². The van der Waals surface area contributed by atoms with Crippen molar-refractivity contribution < 1.29 is 4.79 Å². The van der Waals surface area contributed by atoms with Crippen LogP contribution in [-0.2, 0) is 0 Å². The summed E-state index contributed by atoms with van der Waals surface area (Å²) in [4.78, 5) is 18.8. The van der Waals surface area contributed by atoms with E-state index in [0.717, 1.165) is 35.9 Å². The molecule has 0 saturated carbocycles. The fourth-order valence-electron chi connectivity index (χ4n) is 2.29. The molecule has 0 unspecified atom stereocenters. The van der Waals surface area contributed by atoms with Crippen LogP contribution >= 0.6 is 11.8 Å². The molecule has 1 N–H and O–H groups in total. The fourth-order valence-corrected chi connectivity index (χ4v) is 3.40. The van der Waals surface area contributed by atoms with Gasteiger partial charge in [-0.2, -0.15) is 11.8 Å². The summed E-state index contributed by atoms with van der Waals surface area (Å²) in [7, 11) is 1.82. The van der Waals surface area contributed by atoms with Gasteiger partial charge in [-0.25, -0.2) is 4.98 Å². The summed E-state index contributed by atoms with van der Waals surface area (Å²) in [5.74, 6) is 1.85. The van der Waals surface area contributed by atoms with E-state index in [4.69, 9.17) is 0 Å². The molecule has 104 valence electrons. The first-order valence-electron chi connectivity index (χ1n) is 6.51. The highest BCUT2D eigenvalue weighted by Gasteiger charge is 2.30. The minimum Gasteiger partial charge on any atom is -0.373 e. The Morgan fingerprint density at radius 2 is 2.21 bits per heavy atom. The van der Waals surface area contributed by atoms with Crippen LogP contribution < -0.4 is 5.32 Å². The number of hydrogen-bond acceptors (Lipinski definition) is 4. The Morgan fingerprint density at radius 3 is 2.84 bits per heavy atom. The Balaban J connectivity index is 2.21. The zero-order valence-corrected chi connectivity index (χ0v) is 12.8. The Kier molecular flexibility index (Phi) is 4.04. The molecule has 0 spiro atoms. The van der Waals surface area contributed by atoms with Crippen LogP contribution in [0.4, 0.5) is 5.82 Å². The highest BCUT2D eigenvalue weighted by molar-refractivity contribution is 8.00. The SMILES string of the molecule is CNc1cc(C(=O)N2CCSC(C)(C)C2)cc(C)n1. The molecule has 0 aromatic carbocycles. The summed E-state index contributed by atoms with van der Waals surface area (Å²) in [6.45, 7) is 7.91. The lowest BCUT2D eigenvalue weighted by atomic mass is 10.1. The molecule has 1 aromatic heterocycles. The van der Waals surface area contributed by atoms with Crippen LogP contribution in [-0.4, -0.2) is 46.4 Å². The molecule has 1 saturated heterocycles. The van der Waals surface area contributed by atoms with Crippen LogP contribution in [0, 0.1) is 6.92 Å². The van der Waals surface area contributed by atoms with Gasteiger partial charge in [-0.1, -0.05) is 0 Å². The molecule has 0 aliphatic carbocycles. The zero-order chi connectivity index (χ0) is 14.0. The quantitative estimate of drug-likeness (QED) is 0.903. The van der Waals surface area contributed by atoms with E-state index in [0.29, 0.717) is 0 Å². The van der Waals surface area contributed by atoms with Crippen LogP contribution in [0.2, 0.25) is 0 Å². The predicted octanol–water partition coefficient (Wildman–Crippen LogP) is 2.40. The highest BCUT2D eigenvalue weighted by Crippen LogP contribution is 2.30. The lowest BCUT2D eigenvalue weighted by Gasteiger charge is -2.37. The van der Waals surface area contributed by atoms with Gasteiger partial charge in [0.15, 0.2) is 0 Å². The van der Waals surface area contributed by atoms with E-state index in [-0.39, 0.29) is 10.7 Å². The summed E-state index contributed by atoms with van der Waals surface area (Å²) < 4.78 is 0.141. The topological polar surface area (TPSA) is 45.2 Å². The number of carbonyl (C=O) groups excluding carboxylic acids is 1. The fraction of sp³-hybridized carbons (Fsp3) is 0.571. The van der Waals surface area contributed by atoms with Crippen molar-refractivity contribution in [3.05, 3.63) is 23.4 Å². The molecule has 1 aromatic rings. The van der Waals surface area contributed by atoms with E-state index in [1.165, 1.54) is 0 Å². The van der Waals surface area contributed by atoms with Gasteiger partial charge < -0.3 is 10.2 Å². The van der Waals surface area contributed by atoms with Crippen molar-refractivity contribution in [2.24, 2.45) is 0 Å². The Morgan fingerprint density at radius 1 is 1.47 bits per heavy atom. The predicted molar refractivity (Wildman–Crippen MR) is 81.0 cm³/mol. The summed E-state index contributed by atoms with van der Waals surface area (Å²) in [6, 6.07) is 3.68. The first kappa shape index (κ1) is 14.2. The monoisotopic (exact) mass is 279 g/mol. The smallest absolute Gasteiger partial charge is 0.254 e. The van der Waals surface area contributed by atoms with Crippen LogP contribution in [0.15, 0.2) is 12.1 Å². The van der Waals surface area contributed by atoms with E-state index in [1.807, 2.05) is 42.8 Å². The second-order valence-corrected chi connectivity index (χ2v) is 7.27. The third kappa shape index (κ3) is 3.41. The number of aryl methyl sites for hydroxylation is 1. The highest BCUT2D eigenvalue weighted by atomic mass is 32.2. The normalized spacial score (nSPS) is 18.2. The second kappa shape index (κ2) is 5.41. The Labute approximate surface area is 119 Å². The molecule has 4 nitrogen and oxygen atoms in total. The minimum atomic E-state index is 0.107. The van der Waals surface area contributed by atoms with Gasteiger partial charge in [0.25, 0.3) is 5.91 Å². The van der Waals surface area contributed by atoms with E-state index in [1.54, 1.807) is 0 Å². The Hall–Kier alpha value is -1.23. The van der Waals surface area contributed by atoms with Crippen molar-refractivity contribution >= 4 is 23.5 Å². The molecule has 5 heteroatoms. The van der Waals surface area contributed by atoms with Crippen LogP contribution in [0.1, 0.15) is 29.9 Å².